The van der Waals surface area contributed by atoms with Crippen molar-refractivity contribution in [3.05, 3.63) is 20.8 Å². The highest BCUT2D eigenvalue weighted by Gasteiger charge is 2.57. The van der Waals surface area contributed by atoms with Crippen molar-refractivity contribution in [2.45, 2.75) is 19.8 Å². The van der Waals surface area contributed by atoms with Crippen LogP contribution in [0.5, 0.6) is 0 Å². The lowest BCUT2D eigenvalue weighted by Gasteiger charge is -1.98. The minimum atomic E-state index is 0.412. The predicted molar refractivity (Wildman–Crippen MR) is 61.1 cm³/mol. The average molecular weight is 260 g/mol. The molecule has 1 heterocycles. The van der Waals surface area contributed by atoms with Gasteiger partial charge in [0.15, 0.2) is 0 Å². The molecular formula is C10H14BrNS. The summed E-state index contributed by atoms with van der Waals surface area (Å²) in [4.78, 5) is 0. The highest BCUT2D eigenvalue weighted by atomic mass is 79.9. The number of thiophene rings is 1. The van der Waals surface area contributed by atoms with Gasteiger partial charge in [-0.2, -0.15) is 0 Å². The first-order valence-corrected chi connectivity index (χ1v) is 6.18. The van der Waals surface area contributed by atoms with Gasteiger partial charge in [-0.3, -0.25) is 0 Å². The summed E-state index contributed by atoms with van der Waals surface area (Å²) in [5, 5.41) is 2.24. The van der Waals surface area contributed by atoms with Crippen LogP contribution in [0.3, 0.4) is 0 Å². The Kier molecular flexibility index (Phi) is 2.29. The van der Waals surface area contributed by atoms with Crippen LogP contribution in [0, 0.1) is 11.3 Å². The van der Waals surface area contributed by atoms with Gasteiger partial charge in [0.25, 0.3) is 0 Å². The molecule has 1 nitrogen and oxygen atoms in total. The van der Waals surface area contributed by atoms with Gasteiger partial charge in [-0.15, -0.1) is 11.3 Å². The Morgan fingerprint density at radius 2 is 2.31 bits per heavy atom. The van der Waals surface area contributed by atoms with Crippen LogP contribution in [-0.2, 0) is 0 Å². The summed E-state index contributed by atoms with van der Waals surface area (Å²) in [6.45, 7) is 5.42. The Morgan fingerprint density at radius 1 is 1.62 bits per heavy atom. The van der Waals surface area contributed by atoms with Crippen LogP contribution >= 0.6 is 27.3 Å². The van der Waals surface area contributed by atoms with Gasteiger partial charge in [-0.05, 0) is 56.7 Å². The topological polar surface area (TPSA) is 26.0 Å². The zero-order valence-electron chi connectivity index (χ0n) is 7.88. The number of hydrogen-bond donors (Lipinski definition) is 1. The molecule has 1 aliphatic rings. The van der Waals surface area contributed by atoms with Crippen LogP contribution in [0.2, 0.25) is 0 Å². The molecule has 13 heavy (non-hydrogen) atoms. The summed E-state index contributed by atoms with van der Waals surface area (Å²) in [5.74, 6) is 1.36. The normalized spacial score (nSPS) is 30.5. The van der Waals surface area contributed by atoms with Crippen LogP contribution < -0.4 is 5.73 Å². The van der Waals surface area contributed by atoms with E-state index in [0.29, 0.717) is 17.3 Å². The minimum absolute atomic E-state index is 0.412. The molecule has 2 unspecified atom stereocenters. The molecule has 0 aromatic carbocycles. The van der Waals surface area contributed by atoms with E-state index in [1.807, 2.05) is 0 Å². The Balaban J connectivity index is 2.21. The van der Waals surface area contributed by atoms with E-state index in [0.717, 1.165) is 6.54 Å². The van der Waals surface area contributed by atoms with Gasteiger partial charge in [0.05, 0.1) is 3.79 Å². The lowest BCUT2D eigenvalue weighted by Crippen LogP contribution is -2.05. The summed E-state index contributed by atoms with van der Waals surface area (Å²) < 4.78 is 1.22. The molecule has 2 atom stereocenters. The molecule has 0 aliphatic heterocycles. The van der Waals surface area contributed by atoms with Crippen molar-refractivity contribution in [1.82, 2.24) is 0 Å². The van der Waals surface area contributed by atoms with Crippen LogP contribution in [0.1, 0.15) is 25.3 Å². The zero-order chi connectivity index (χ0) is 9.64. The van der Waals surface area contributed by atoms with E-state index >= 15 is 0 Å². The SMILES string of the molecule is CC1(C)C(CN)C1c1csc(Br)c1. The van der Waals surface area contributed by atoms with Crippen LogP contribution in [0.4, 0.5) is 0 Å². The molecule has 0 bridgehead atoms. The standard InChI is InChI=1S/C10H14BrNS/c1-10(2)7(4-12)9(10)6-3-8(11)13-5-6/h3,5,7,9H,4,12H2,1-2H3. The Bertz CT molecular complexity index is 318. The van der Waals surface area contributed by atoms with E-state index < -0.39 is 0 Å². The van der Waals surface area contributed by atoms with Gasteiger partial charge in [0.1, 0.15) is 0 Å². The largest absolute Gasteiger partial charge is 0.330 e. The molecule has 0 amide bonds. The van der Waals surface area contributed by atoms with Crippen molar-refractivity contribution in [2.24, 2.45) is 17.1 Å². The van der Waals surface area contributed by atoms with E-state index in [9.17, 15) is 0 Å². The van der Waals surface area contributed by atoms with E-state index in [4.69, 9.17) is 5.73 Å². The maximum absolute atomic E-state index is 5.74. The van der Waals surface area contributed by atoms with Gasteiger partial charge < -0.3 is 5.73 Å². The second kappa shape index (κ2) is 3.07. The molecule has 3 heteroatoms. The molecule has 1 aliphatic carbocycles. The Morgan fingerprint density at radius 3 is 2.69 bits per heavy atom. The maximum Gasteiger partial charge on any atom is 0.0701 e. The molecule has 0 saturated heterocycles. The summed E-state index contributed by atoms with van der Waals surface area (Å²) in [5.41, 5.74) is 7.60. The number of rotatable bonds is 2. The van der Waals surface area contributed by atoms with Crippen molar-refractivity contribution in [2.75, 3.05) is 6.54 Å². The lowest BCUT2D eigenvalue weighted by atomic mass is 10.1. The molecule has 2 rings (SSSR count). The van der Waals surface area contributed by atoms with Crippen molar-refractivity contribution in [3.8, 4) is 0 Å². The number of halogens is 1. The minimum Gasteiger partial charge on any atom is -0.330 e. The molecule has 1 aromatic rings. The molecule has 1 aromatic heterocycles. The van der Waals surface area contributed by atoms with Gasteiger partial charge in [-0.25, -0.2) is 0 Å². The predicted octanol–water partition coefficient (Wildman–Crippen LogP) is 3.21. The molecule has 1 saturated carbocycles. The van der Waals surface area contributed by atoms with Gasteiger partial charge in [0.2, 0.25) is 0 Å². The fourth-order valence-corrected chi connectivity index (χ4v) is 3.54. The zero-order valence-corrected chi connectivity index (χ0v) is 10.3. The third-order valence-electron chi connectivity index (χ3n) is 3.25. The second-order valence-corrected chi connectivity index (χ2v) is 6.62. The van der Waals surface area contributed by atoms with E-state index in [-0.39, 0.29) is 0 Å². The monoisotopic (exact) mass is 259 g/mol. The van der Waals surface area contributed by atoms with E-state index in [1.165, 1.54) is 9.35 Å². The highest BCUT2D eigenvalue weighted by Crippen LogP contribution is 2.64. The molecule has 1 fully saturated rings. The van der Waals surface area contributed by atoms with Gasteiger partial charge in [-0.1, -0.05) is 13.8 Å². The molecule has 72 valence electrons. The maximum atomic E-state index is 5.74. The third kappa shape index (κ3) is 1.47. The summed E-state index contributed by atoms with van der Waals surface area (Å²) in [7, 11) is 0. The van der Waals surface area contributed by atoms with Gasteiger partial charge >= 0.3 is 0 Å². The smallest absolute Gasteiger partial charge is 0.0701 e. The summed E-state index contributed by atoms with van der Waals surface area (Å²) in [6.07, 6.45) is 0. The highest BCUT2D eigenvalue weighted by molar-refractivity contribution is 9.11. The van der Waals surface area contributed by atoms with E-state index in [1.54, 1.807) is 11.3 Å². The first kappa shape index (κ1) is 9.69. The Hall–Kier alpha value is 0.140. The number of hydrogen-bond acceptors (Lipinski definition) is 2. The van der Waals surface area contributed by atoms with Crippen molar-refractivity contribution in [1.29, 1.82) is 0 Å². The summed E-state index contributed by atoms with van der Waals surface area (Å²) in [6, 6.07) is 2.23. The molecule has 0 spiro atoms. The first-order chi connectivity index (χ1) is 6.07. The second-order valence-electron chi connectivity index (χ2n) is 4.33. The average Bonchev–Trinajstić information content (AvgIpc) is 2.41. The van der Waals surface area contributed by atoms with Crippen molar-refractivity contribution < 1.29 is 0 Å². The molecule has 0 radical (unpaired) electrons. The number of nitrogens with two attached hydrogens (primary N) is 1. The van der Waals surface area contributed by atoms with E-state index in [2.05, 4.69) is 41.2 Å². The van der Waals surface area contributed by atoms with Crippen molar-refractivity contribution >= 4 is 27.3 Å². The first-order valence-electron chi connectivity index (χ1n) is 4.51. The fraction of sp³-hybridized carbons (Fsp3) is 0.600. The molecule has 2 N–H and O–H groups in total. The fourth-order valence-electron chi connectivity index (χ4n) is 2.33. The third-order valence-corrected chi connectivity index (χ3v) is 4.77. The summed E-state index contributed by atoms with van der Waals surface area (Å²) >= 11 is 5.26. The lowest BCUT2D eigenvalue weighted by molar-refractivity contribution is 0.559. The van der Waals surface area contributed by atoms with Crippen LogP contribution in [0.25, 0.3) is 0 Å². The Labute approximate surface area is 91.5 Å². The van der Waals surface area contributed by atoms with Crippen molar-refractivity contribution in [3.63, 3.8) is 0 Å². The van der Waals surface area contributed by atoms with Crippen LogP contribution in [-0.4, -0.2) is 6.54 Å². The van der Waals surface area contributed by atoms with Crippen LogP contribution in [0.15, 0.2) is 15.2 Å². The quantitative estimate of drug-likeness (QED) is 0.868. The van der Waals surface area contributed by atoms with Gasteiger partial charge in [0, 0.05) is 0 Å². The molecular weight excluding hydrogens is 246 g/mol.